The lowest BCUT2D eigenvalue weighted by Gasteiger charge is -2.09. The van der Waals surface area contributed by atoms with Gasteiger partial charge in [0.25, 0.3) is 0 Å². The van der Waals surface area contributed by atoms with Gasteiger partial charge in [0.2, 0.25) is 0 Å². The first-order valence-corrected chi connectivity index (χ1v) is 9.54. The highest BCUT2D eigenvalue weighted by Crippen LogP contribution is 2.20. The first-order chi connectivity index (χ1) is 12.6. The van der Waals surface area contributed by atoms with Crippen molar-refractivity contribution < 1.29 is 9.47 Å². The van der Waals surface area contributed by atoms with Crippen molar-refractivity contribution in [3.63, 3.8) is 0 Å². The monoisotopic (exact) mass is 356 g/mol. The predicted molar refractivity (Wildman–Crippen MR) is 110 cm³/mol. The Morgan fingerprint density at radius 3 is 1.38 bits per heavy atom. The number of benzene rings is 2. The second kappa shape index (κ2) is 10.6. The van der Waals surface area contributed by atoms with E-state index in [2.05, 4.69) is 0 Å². The lowest BCUT2D eigenvalue weighted by Crippen LogP contribution is -1.99. The molecule has 0 heterocycles. The number of nitrogen functional groups attached to an aromatic ring is 2. The molecule has 0 bridgehead atoms. The Balaban J connectivity index is 1.45. The van der Waals surface area contributed by atoms with Crippen molar-refractivity contribution >= 4 is 11.4 Å². The minimum absolute atomic E-state index is 0.767. The van der Waals surface area contributed by atoms with Gasteiger partial charge in [0, 0.05) is 11.4 Å². The average Bonchev–Trinajstić information content (AvgIpc) is 2.62. The maximum absolute atomic E-state index is 5.81. The molecule has 0 aromatic heterocycles. The second-order valence-electron chi connectivity index (χ2n) is 6.86. The number of hydrogen-bond donors (Lipinski definition) is 2. The molecule has 0 spiro atoms. The van der Waals surface area contributed by atoms with Crippen LogP contribution in [0.4, 0.5) is 11.4 Å². The van der Waals surface area contributed by atoms with Crippen molar-refractivity contribution in [1.29, 1.82) is 0 Å². The summed E-state index contributed by atoms with van der Waals surface area (Å²) >= 11 is 0. The summed E-state index contributed by atoms with van der Waals surface area (Å²) in [6, 6.07) is 11.7. The normalized spacial score (nSPS) is 10.7. The lowest BCUT2D eigenvalue weighted by molar-refractivity contribution is 0.297. The molecule has 2 aromatic carbocycles. The van der Waals surface area contributed by atoms with Crippen molar-refractivity contribution in [3.8, 4) is 11.5 Å². The van der Waals surface area contributed by atoms with Gasteiger partial charge in [0.1, 0.15) is 11.5 Å². The molecule has 0 aliphatic rings. The van der Waals surface area contributed by atoms with Crippen LogP contribution in [0.2, 0.25) is 0 Å². The molecule has 0 aliphatic carbocycles. The van der Waals surface area contributed by atoms with Gasteiger partial charge in [0.15, 0.2) is 0 Å². The van der Waals surface area contributed by atoms with Crippen molar-refractivity contribution in [2.45, 2.75) is 52.4 Å². The molecule has 2 rings (SSSR count). The smallest absolute Gasteiger partial charge is 0.119 e. The Kier molecular flexibility index (Phi) is 8.13. The molecule has 0 saturated heterocycles. The lowest BCUT2D eigenvalue weighted by atomic mass is 10.1. The van der Waals surface area contributed by atoms with Gasteiger partial charge >= 0.3 is 0 Å². The molecule has 2 aromatic rings. The van der Waals surface area contributed by atoms with E-state index in [1.54, 1.807) is 0 Å². The van der Waals surface area contributed by atoms with E-state index >= 15 is 0 Å². The van der Waals surface area contributed by atoms with Crippen LogP contribution in [0.1, 0.15) is 49.7 Å². The number of nitrogens with two attached hydrogens (primary N) is 2. The van der Waals surface area contributed by atoms with Crippen LogP contribution in [-0.4, -0.2) is 13.2 Å². The largest absolute Gasteiger partial charge is 0.494 e. The van der Waals surface area contributed by atoms with E-state index < -0.39 is 0 Å². The molecule has 142 valence electrons. The van der Waals surface area contributed by atoms with Gasteiger partial charge in [0.05, 0.1) is 13.2 Å². The number of anilines is 2. The second-order valence-corrected chi connectivity index (χ2v) is 6.86. The van der Waals surface area contributed by atoms with Gasteiger partial charge in [-0.3, -0.25) is 0 Å². The number of ether oxygens (including phenoxy) is 2. The Bertz CT molecular complexity index is 626. The maximum atomic E-state index is 5.81. The fourth-order valence-electron chi connectivity index (χ4n) is 2.77. The van der Waals surface area contributed by atoms with Gasteiger partial charge in [-0.15, -0.1) is 0 Å². The summed E-state index contributed by atoms with van der Waals surface area (Å²) in [5, 5.41) is 0. The summed E-state index contributed by atoms with van der Waals surface area (Å²) in [6.45, 7) is 5.53. The first kappa shape index (κ1) is 20.0. The third kappa shape index (κ3) is 6.87. The molecule has 0 atom stereocenters. The van der Waals surface area contributed by atoms with Crippen LogP contribution >= 0.6 is 0 Å². The van der Waals surface area contributed by atoms with Gasteiger partial charge in [-0.25, -0.2) is 0 Å². The molecule has 0 unspecified atom stereocenters. The number of rotatable bonds is 11. The van der Waals surface area contributed by atoms with E-state index in [0.29, 0.717) is 0 Å². The van der Waals surface area contributed by atoms with E-state index in [9.17, 15) is 0 Å². The summed E-state index contributed by atoms with van der Waals surface area (Å²) in [5.74, 6) is 1.82. The summed E-state index contributed by atoms with van der Waals surface area (Å²) in [4.78, 5) is 0. The fraction of sp³-hybridized carbons (Fsp3) is 0.455. The Labute approximate surface area is 157 Å². The van der Waals surface area contributed by atoms with E-state index in [-0.39, 0.29) is 0 Å². The zero-order chi connectivity index (χ0) is 18.8. The highest BCUT2D eigenvalue weighted by molar-refractivity contribution is 5.50. The molecule has 0 amide bonds. The third-order valence-corrected chi connectivity index (χ3v) is 4.56. The highest BCUT2D eigenvalue weighted by atomic mass is 16.5. The molecular formula is C22H32N2O2. The third-order valence-electron chi connectivity index (χ3n) is 4.56. The quantitative estimate of drug-likeness (QED) is 0.425. The number of aryl methyl sites for hydroxylation is 2. The topological polar surface area (TPSA) is 70.5 Å². The van der Waals surface area contributed by atoms with Gasteiger partial charge in [-0.1, -0.05) is 25.7 Å². The maximum Gasteiger partial charge on any atom is 0.119 e. The fourth-order valence-corrected chi connectivity index (χ4v) is 2.77. The molecule has 4 N–H and O–H groups in total. The summed E-state index contributed by atoms with van der Waals surface area (Å²) < 4.78 is 11.5. The zero-order valence-corrected chi connectivity index (χ0v) is 16.1. The SMILES string of the molecule is Cc1cc(OCCCCCCCCOc2ccc(N)c(C)c2)ccc1N. The van der Waals surface area contributed by atoms with Crippen LogP contribution in [-0.2, 0) is 0 Å². The Morgan fingerprint density at radius 1 is 0.615 bits per heavy atom. The van der Waals surface area contributed by atoms with Crippen LogP contribution in [0.5, 0.6) is 11.5 Å². The Hall–Kier alpha value is -2.36. The molecule has 0 fully saturated rings. The van der Waals surface area contributed by atoms with E-state index in [1.807, 2.05) is 50.2 Å². The standard InChI is InChI=1S/C22H32N2O2/c1-17-15-19(9-11-21(17)23)25-13-7-5-3-4-6-8-14-26-20-10-12-22(24)18(2)16-20/h9-12,15-16H,3-8,13-14,23-24H2,1-2H3. The highest BCUT2D eigenvalue weighted by Gasteiger charge is 1.99. The van der Waals surface area contributed by atoms with Crippen LogP contribution in [0, 0.1) is 13.8 Å². The molecule has 4 nitrogen and oxygen atoms in total. The van der Waals surface area contributed by atoms with Crippen molar-refractivity contribution in [3.05, 3.63) is 47.5 Å². The van der Waals surface area contributed by atoms with Crippen LogP contribution < -0.4 is 20.9 Å². The number of hydrogen-bond acceptors (Lipinski definition) is 4. The zero-order valence-electron chi connectivity index (χ0n) is 16.1. The van der Waals surface area contributed by atoms with Gasteiger partial charge < -0.3 is 20.9 Å². The van der Waals surface area contributed by atoms with Crippen LogP contribution in [0.15, 0.2) is 36.4 Å². The molecule has 26 heavy (non-hydrogen) atoms. The van der Waals surface area contributed by atoms with Gasteiger partial charge in [-0.05, 0) is 74.2 Å². The van der Waals surface area contributed by atoms with E-state index in [1.165, 1.54) is 25.7 Å². The molecule has 0 aliphatic heterocycles. The molecule has 4 heteroatoms. The molecular weight excluding hydrogens is 324 g/mol. The minimum Gasteiger partial charge on any atom is -0.494 e. The predicted octanol–water partition coefficient (Wildman–Crippen LogP) is 5.27. The number of unbranched alkanes of at least 4 members (excludes halogenated alkanes) is 5. The molecule has 0 saturated carbocycles. The average molecular weight is 357 g/mol. The molecule has 0 radical (unpaired) electrons. The van der Waals surface area contributed by atoms with Crippen LogP contribution in [0.25, 0.3) is 0 Å². The van der Waals surface area contributed by atoms with Crippen molar-refractivity contribution in [2.75, 3.05) is 24.7 Å². The van der Waals surface area contributed by atoms with Crippen LogP contribution in [0.3, 0.4) is 0 Å². The van der Waals surface area contributed by atoms with E-state index in [4.69, 9.17) is 20.9 Å². The Morgan fingerprint density at radius 2 is 1.00 bits per heavy atom. The van der Waals surface area contributed by atoms with Crippen molar-refractivity contribution in [1.82, 2.24) is 0 Å². The first-order valence-electron chi connectivity index (χ1n) is 9.54. The summed E-state index contributed by atoms with van der Waals surface area (Å²) in [5.41, 5.74) is 15.4. The summed E-state index contributed by atoms with van der Waals surface area (Å²) in [7, 11) is 0. The van der Waals surface area contributed by atoms with Crippen molar-refractivity contribution in [2.24, 2.45) is 0 Å². The van der Waals surface area contributed by atoms with E-state index in [0.717, 1.165) is 60.1 Å². The summed E-state index contributed by atoms with van der Waals surface area (Å²) in [6.07, 6.45) is 7.06. The minimum atomic E-state index is 0.767. The van der Waals surface area contributed by atoms with Gasteiger partial charge in [-0.2, -0.15) is 0 Å².